The van der Waals surface area contributed by atoms with E-state index in [1.807, 2.05) is 13.8 Å². The first kappa shape index (κ1) is 25.6. The lowest BCUT2D eigenvalue weighted by Gasteiger charge is -2.37. The second kappa shape index (κ2) is 11.5. The standard InChI is InChI=1S/C25H40N4O4S/c1-20-16-29(17-21(2)33-20)34(31,32)24-10-8-23(9-11-24)26-25(30)19-28-14-12-27(13-15-28)18-22-6-4-3-5-7-22/h8-11,20-22H,3-7,12-19H2,1-2H3,(H,26,30). The smallest absolute Gasteiger partial charge is 0.243 e. The lowest BCUT2D eigenvalue weighted by molar-refractivity contribution is -0.117. The summed E-state index contributed by atoms with van der Waals surface area (Å²) < 4.78 is 33.1. The summed E-state index contributed by atoms with van der Waals surface area (Å²) in [5, 5.41) is 2.92. The number of carbonyl (C=O) groups is 1. The molecule has 1 saturated carbocycles. The molecule has 0 radical (unpaired) electrons. The van der Waals surface area contributed by atoms with E-state index in [-0.39, 0.29) is 23.0 Å². The Balaban J connectivity index is 1.23. The van der Waals surface area contributed by atoms with Gasteiger partial charge in [0.2, 0.25) is 15.9 Å². The number of nitrogens with one attached hydrogen (secondary N) is 1. The van der Waals surface area contributed by atoms with Crippen LogP contribution in [0.15, 0.2) is 29.2 Å². The SMILES string of the molecule is CC1CN(S(=O)(=O)c2ccc(NC(=O)CN3CCN(CC4CCCCC4)CC3)cc2)CC(C)O1. The minimum atomic E-state index is -3.58. The number of hydrogen-bond donors (Lipinski definition) is 1. The lowest BCUT2D eigenvalue weighted by atomic mass is 9.89. The quantitative estimate of drug-likeness (QED) is 0.630. The molecule has 2 aliphatic heterocycles. The molecule has 1 aromatic rings. The number of hydrogen-bond acceptors (Lipinski definition) is 6. The first-order valence-corrected chi connectivity index (χ1v) is 14.2. The topological polar surface area (TPSA) is 82.2 Å². The maximum Gasteiger partial charge on any atom is 0.243 e. The van der Waals surface area contributed by atoms with E-state index in [4.69, 9.17) is 4.74 Å². The molecule has 2 heterocycles. The van der Waals surface area contributed by atoms with Gasteiger partial charge < -0.3 is 15.0 Å². The largest absolute Gasteiger partial charge is 0.373 e. The van der Waals surface area contributed by atoms with E-state index in [9.17, 15) is 13.2 Å². The maximum atomic E-state index is 13.0. The van der Waals surface area contributed by atoms with Crippen molar-refractivity contribution in [3.8, 4) is 0 Å². The predicted molar refractivity (Wildman–Crippen MR) is 133 cm³/mol. The van der Waals surface area contributed by atoms with E-state index in [1.165, 1.54) is 43.0 Å². The van der Waals surface area contributed by atoms with Crippen molar-refractivity contribution in [2.24, 2.45) is 5.92 Å². The van der Waals surface area contributed by atoms with Crippen molar-refractivity contribution in [1.82, 2.24) is 14.1 Å². The molecule has 1 aromatic carbocycles. The molecule has 2 atom stereocenters. The van der Waals surface area contributed by atoms with Crippen molar-refractivity contribution in [2.45, 2.75) is 63.1 Å². The molecule has 1 amide bonds. The Kier molecular flexibility index (Phi) is 8.63. The summed E-state index contributed by atoms with van der Waals surface area (Å²) in [7, 11) is -3.58. The fraction of sp³-hybridized carbons (Fsp3) is 0.720. The van der Waals surface area contributed by atoms with Crippen LogP contribution in [0.3, 0.4) is 0 Å². The summed E-state index contributed by atoms with van der Waals surface area (Å²) in [6.07, 6.45) is 6.62. The van der Waals surface area contributed by atoms with E-state index < -0.39 is 10.0 Å². The minimum absolute atomic E-state index is 0.0628. The summed E-state index contributed by atoms with van der Waals surface area (Å²) in [6, 6.07) is 6.47. The highest BCUT2D eigenvalue weighted by atomic mass is 32.2. The molecule has 2 unspecified atom stereocenters. The average Bonchev–Trinajstić information content (AvgIpc) is 2.81. The Morgan fingerprint density at radius 2 is 1.53 bits per heavy atom. The van der Waals surface area contributed by atoms with Crippen LogP contribution in [-0.4, -0.2) is 93.0 Å². The Bertz CT molecular complexity index is 899. The van der Waals surface area contributed by atoms with E-state index in [0.717, 1.165) is 32.1 Å². The maximum absolute atomic E-state index is 13.0. The third-order valence-corrected chi connectivity index (χ3v) is 9.08. The summed E-state index contributed by atoms with van der Waals surface area (Å²) in [5.74, 6) is 0.789. The fourth-order valence-corrected chi connectivity index (χ4v) is 7.05. The van der Waals surface area contributed by atoms with Crippen LogP contribution >= 0.6 is 0 Å². The average molecular weight is 493 g/mol. The molecule has 34 heavy (non-hydrogen) atoms. The summed E-state index contributed by atoms with van der Waals surface area (Å²) >= 11 is 0. The number of rotatable bonds is 7. The Hall–Kier alpha value is -1.52. The predicted octanol–water partition coefficient (Wildman–Crippen LogP) is 2.62. The summed E-state index contributed by atoms with van der Waals surface area (Å²) in [5.41, 5.74) is 0.614. The molecule has 1 aliphatic carbocycles. The van der Waals surface area contributed by atoms with Crippen molar-refractivity contribution in [1.29, 1.82) is 0 Å². The second-order valence-electron chi connectivity index (χ2n) is 10.2. The molecule has 0 aromatic heterocycles. The molecular formula is C25H40N4O4S. The van der Waals surface area contributed by atoms with Gasteiger partial charge in [-0.25, -0.2) is 8.42 Å². The van der Waals surface area contributed by atoms with E-state index >= 15 is 0 Å². The molecular weight excluding hydrogens is 452 g/mol. The Morgan fingerprint density at radius 3 is 2.15 bits per heavy atom. The van der Waals surface area contributed by atoms with E-state index in [2.05, 4.69) is 15.1 Å². The van der Waals surface area contributed by atoms with Gasteiger partial charge in [-0.05, 0) is 56.9 Å². The lowest BCUT2D eigenvalue weighted by Crippen LogP contribution is -2.49. The third-order valence-electron chi connectivity index (χ3n) is 7.24. The van der Waals surface area contributed by atoms with Crippen LogP contribution in [0.5, 0.6) is 0 Å². The van der Waals surface area contributed by atoms with Crippen molar-refractivity contribution in [3.05, 3.63) is 24.3 Å². The zero-order valence-corrected chi connectivity index (χ0v) is 21.4. The van der Waals surface area contributed by atoms with Crippen molar-refractivity contribution < 1.29 is 17.9 Å². The van der Waals surface area contributed by atoms with Gasteiger partial charge in [0, 0.05) is 51.5 Å². The first-order valence-electron chi connectivity index (χ1n) is 12.8. The monoisotopic (exact) mass is 492 g/mol. The highest BCUT2D eigenvalue weighted by Gasteiger charge is 2.32. The highest BCUT2D eigenvalue weighted by molar-refractivity contribution is 7.89. The molecule has 9 heteroatoms. The second-order valence-corrected chi connectivity index (χ2v) is 12.2. The van der Waals surface area contributed by atoms with Crippen molar-refractivity contribution >= 4 is 21.6 Å². The molecule has 8 nitrogen and oxygen atoms in total. The number of anilines is 1. The Labute approximate surface area is 204 Å². The van der Waals surface area contributed by atoms with Crippen LogP contribution in [-0.2, 0) is 19.6 Å². The summed E-state index contributed by atoms with van der Waals surface area (Å²) in [4.78, 5) is 17.6. The van der Waals surface area contributed by atoms with Crippen LogP contribution in [0.1, 0.15) is 46.0 Å². The number of amides is 1. The van der Waals surface area contributed by atoms with Crippen LogP contribution < -0.4 is 5.32 Å². The van der Waals surface area contributed by atoms with E-state index in [1.54, 1.807) is 24.3 Å². The van der Waals surface area contributed by atoms with Gasteiger partial charge in [-0.3, -0.25) is 9.69 Å². The van der Waals surface area contributed by atoms with Gasteiger partial charge in [-0.2, -0.15) is 4.31 Å². The fourth-order valence-electron chi connectivity index (χ4n) is 5.45. The number of benzene rings is 1. The van der Waals surface area contributed by atoms with Crippen LogP contribution in [0.25, 0.3) is 0 Å². The number of nitrogens with zero attached hydrogens (tertiary/aromatic N) is 3. The van der Waals surface area contributed by atoms with Gasteiger partial charge in [0.05, 0.1) is 23.6 Å². The number of ether oxygens (including phenoxy) is 1. The van der Waals surface area contributed by atoms with Gasteiger partial charge in [-0.15, -0.1) is 0 Å². The molecule has 3 fully saturated rings. The van der Waals surface area contributed by atoms with Gasteiger partial charge in [0.15, 0.2) is 0 Å². The molecule has 190 valence electrons. The third kappa shape index (κ3) is 6.79. The zero-order chi connectivity index (χ0) is 24.1. The molecule has 0 spiro atoms. The molecule has 4 rings (SSSR count). The van der Waals surface area contributed by atoms with Gasteiger partial charge >= 0.3 is 0 Å². The Morgan fingerprint density at radius 1 is 0.941 bits per heavy atom. The normalized spacial score (nSPS) is 26.4. The highest BCUT2D eigenvalue weighted by Crippen LogP contribution is 2.25. The number of carbonyl (C=O) groups excluding carboxylic acids is 1. The molecule has 0 bridgehead atoms. The molecule has 2 saturated heterocycles. The molecule has 3 aliphatic rings. The van der Waals surface area contributed by atoms with Gasteiger partial charge in [-0.1, -0.05) is 19.3 Å². The number of morpholine rings is 1. The van der Waals surface area contributed by atoms with Gasteiger partial charge in [0.25, 0.3) is 0 Å². The zero-order valence-electron chi connectivity index (χ0n) is 20.6. The van der Waals surface area contributed by atoms with Crippen LogP contribution in [0.4, 0.5) is 5.69 Å². The molecule has 1 N–H and O–H groups in total. The van der Waals surface area contributed by atoms with Crippen molar-refractivity contribution in [3.63, 3.8) is 0 Å². The minimum Gasteiger partial charge on any atom is -0.373 e. The van der Waals surface area contributed by atoms with Crippen LogP contribution in [0, 0.1) is 5.92 Å². The summed E-state index contributed by atoms with van der Waals surface area (Å²) in [6.45, 7) is 9.89. The number of sulfonamides is 1. The van der Waals surface area contributed by atoms with Crippen LogP contribution in [0.2, 0.25) is 0 Å². The number of piperazine rings is 1. The first-order chi connectivity index (χ1) is 16.3. The van der Waals surface area contributed by atoms with Gasteiger partial charge in [0.1, 0.15) is 0 Å². The van der Waals surface area contributed by atoms with Crippen molar-refractivity contribution in [2.75, 3.05) is 57.7 Å². The van der Waals surface area contributed by atoms with E-state index in [0.29, 0.717) is 25.3 Å².